The van der Waals surface area contributed by atoms with Gasteiger partial charge < -0.3 is 10.2 Å². The number of hydrogen-bond donors (Lipinski definition) is 3. The first kappa shape index (κ1) is 24.0. The predicted molar refractivity (Wildman–Crippen MR) is 122 cm³/mol. The standard InChI is InChI=1S/C20H20N4O5S3/c25-16(13-31-20-21-10-11-30-20)12-18(19(26)27)24-32(28,29)17-8-6-15(7-9-17)23-22-14-4-2-1-3-5-14/h1-11,16,18,24-25H,12-13H2,(H,26,27). The molecule has 1 heterocycles. The zero-order valence-electron chi connectivity index (χ0n) is 16.6. The zero-order valence-corrected chi connectivity index (χ0v) is 19.1. The minimum Gasteiger partial charge on any atom is -0.480 e. The van der Waals surface area contributed by atoms with Crippen LogP contribution in [0.4, 0.5) is 11.4 Å². The first-order valence-corrected chi connectivity index (χ1v) is 12.7. The van der Waals surface area contributed by atoms with Crippen LogP contribution in [-0.2, 0) is 14.8 Å². The topological polar surface area (TPSA) is 141 Å². The van der Waals surface area contributed by atoms with E-state index in [1.165, 1.54) is 47.4 Å². The smallest absolute Gasteiger partial charge is 0.321 e. The van der Waals surface area contributed by atoms with E-state index in [-0.39, 0.29) is 17.1 Å². The Morgan fingerprint density at radius 3 is 2.34 bits per heavy atom. The van der Waals surface area contributed by atoms with Crippen molar-refractivity contribution in [3.05, 3.63) is 66.2 Å². The molecule has 32 heavy (non-hydrogen) atoms. The molecule has 0 spiro atoms. The Kier molecular flexibility index (Phi) is 8.47. The monoisotopic (exact) mass is 492 g/mol. The summed E-state index contributed by atoms with van der Waals surface area (Å²) < 4.78 is 28.2. The van der Waals surface area contributed by atoms with Crippen molar-refractivity contribution in [1.82, 2.24) is 9.71 Å². The third-order valence-corrected chi connectivity index (χ3v) is 7.69. The number of aliphatic carboxylic acids is 1. The number of nitrogens with one attached hydrogen (secondary N) is 1. The van der Waals surface area contributed by atoms with Crippen molar-refractivity contribution in [2.75, 3.05) is 5.75 Å². The third kappa shape index (κ3) is 7.21. The molecule has 1 aromatic heterocycles. The van der Waals surface area contributed by atoms with Crippen LogP contribution in [0.2, 0.25) is 0 Å². The van der Waals surface area contributed by atoms with Gasteiger partial charge >= 0.3 is 5.97 Å². The van der Waals surface area contributed by atoms with Crippen LogP contribution in [0.25, 0.3) is 0 Å². The van der Waals surface area contributed by atoms with E-state index in [4.69, 9.17) is 0 Å². The van der Waals surface area contributed by atoms with E-state index in [2.05, 4.69) is 19.9 Å². The van der Waals surface area contributed by atoms with Crippen molar-refractivity contribution in [1.29, 1.82) is 0 Å². The van der Waals surface area contributed by atoms with Crippen LogP contribution < -0.4 is 4.72 Å². The van der Waals surface area contributed by atoms with Crippen molar-refractivity contribution in [3.63, 3.8) is 0 Å². The first-order valence-electron chi connectivity index (χ1n) is 9.36. The minimum atomic E-state index is -4.12. The largest absolute Gasteiger partial charge is 0.480 e. The lowest BCUT2D eigenvalue weighted by Gasteiger charge is -2.18. The van der Waals surface area contributed by atoms with Crippen molar-refractivity contribution >= 4 is 50.5 Å². The van der Waals surface area contributed by atoms with Gasteiger partial charge in [-0.25, -0.2) is 13.4 Å². The van der Waals surface area contributed by atoms with Gasteiger partial charge in [0.25, 0.3) is 0 Å². The van der Waals surface area contributed by atoms with Crippen LogP contribution in [0.5, 0.6) is 0 Å². The molecule has 0 amide bonds. The van der Waals surface area contributed by atoms with Gasteiger partial charge in [-0.3, -0.25) is 4.79 Å². The van der Waals surface area contributed by atoms with E-state index < -0.39 is 28.1 Å². The highest BCUT2D eigenvalue weighted by Crippen LogP contribution is 2.23. The van der Waals surface area contributed by atoms with Crippen molar-refractivity contribution in [3.8, 4) is 0 Å². The number of rotatable bonds is 11. The summed E-state index contributed by atoms with van der Waals surface area (Å²) in [5.41, 5.74) is 1.10. The Morgan fingerprint density at radius 1 is 1.09 bits per heavy atom. The fraction of sp³-hybridized carbons (Fsp3) is 0.200. The van der Waals surface area contributed by atoms with Gasteiger partial charge in [-0.05, 0) is 36.4 Å². The average molecular weight is 493 g/mol. The molecule has 0 radical (unpaired) electrons. The Bertz CT molecular complexity index is 1140. The minimum absolute atomic E-state index is 0.117. The quantitative estimate of drug-likeness (QED) is 0.273. The van der Waals surface area contributed by atoms with Crippen LogP contribution in [0, 0.1) is 0 Å². The highest BCUT2D eigenvalue weighted by Gasteiger charge is 2.28. The molecule has 168 valence electrons. The number of azo groups is 1. The Balaban J connectivity index is 1.62. The summed E-state index contributed by atoms with van der Waals surface area (Å²) in [6.45, 7) is 0. The molecule has 2 atom stereocenters. The maximum absolute atomic E-state index is 12.6. The molecule has 2 unspecified atom stereocenters. The molecule has 3 rings (SSSR count). The van der Waals surface area contributed by atoms with E-state index in [9.17, 15) is 23.4 Å². The number of aliphatic hydroxyl groups excluding tert-OH is 1. The first-order chi connectivity index (χ1) is 15.3. The lowest BCUT2D eigenvalue weighted by atomic mass is 10.1. The summed E-state index contributed by atoms with van der Waals surface area (Å²) in [6, 6.07) is 13.1. The van der Waals surface area contributed by atoms with Gasteiger partial charge in [0.15, 0.2) is 0 Å². The lowest BCUT2D eigenvalue weighted by molar-refractivity contribution is -0.139. The summed E-state index contributed by atoms with van der Waals surface area (Å²) in [7, 11) is -4.12. The van der Waals surface area contributed by atoms with Crippen LogP contribution >= 0.6 is 23.1 Å². The van der Waals surface area contributed by atoms with Gasteiger partial charge in [0.1, 0.15) is 10.4 Å². The Labute approximate surface area is 193 Å². The highest BCUT2D eigenvalue weighted by molar-refractivity contribution is 8.01. The molecule has 3 aromatic rings. The summed E-state index contributed by atoms with van der Waals surface area (Å²) >= 11 is 2.67. The molecular weight excluding hydrogens is 472 g/mol. The number of aromatic nitrogens is 1. The second kappa shape index (κ2) is 11.3. The van der Waals surface area contributed by atoms with Gasteiger partial charge in [-0.2, -0.15) is 15.0 Å². The number of thioether (sulfide) groups is 1. The molecule has 0 aliphatic rings. The fourth-order valence-corrected chi connectivity index (χ4v) is 5.36. The van der Waals surface area contributed by atoms with Gasteiger partial charge in [0.2, 0.25) is 10.0 Å². The van der Waals surface area contributed by atoms with E-state index in [0.29, 0.717) is 11.4 Å². The molecule has 0 saturated heterocycles. The normalized spacial score (nSPS) is 13.8. The molecular formula is C20H20N4O5S3. The second-order valence-corrected chi connectivity index (χ2v) is 10.4. The molecule has 12 heteroatoms. The third-order valence-electron chi connectivity index (χ3n) is 4.10. The molecule has 0 fully saturated rings. The Hall–Kier alpha value is -2.64. The Morgan fingerprint density at radius 2 is 1.75 bits per heavy atom. The maximum Gasteiger partial charge on any atom is 0.321 e. The number of hydrogen-bond acceptors (Lipinski definition) is 9. The fourth-order valence-electron chi connectivity index (χ4n) is 2.55. The van der Waals surface area contributed by atoms with E-state index in [1.807, 2.05) is 18.2 Å². The summed E-state index contributed by atoms with van der Waals surface area (Å²) in [6.07, 6.45) is 0.312. The number of nitrogens with zero attached hydrogens (tertiary/aromatic N) is 3. The SMILES string of the molecule is O=C(O)C(CC(O)CSc1nccs1)NS(=O)(=O)c1ccc(N=Nc2ccccc2)cc1. The van der Waals surface area contributed by atoms with Gasteiger partial charge in [0, 0.05) is 23.8 Å². The summed E-state index contributed by atoms with van der Waals surface area (Å²) in [5, 5.41) is 29.5. The number of carboxylic acid groups (broad SMARTS) is 1. The molecule has 2 aromatic carbocycles. The molecule has 0 aliphatic carbocycles. The second-order valence-electron chi connectivity index (χ2n) is 6.54. The van der Waals surface area contributed by atoms with E-state index >= 15 is 0 Å². The summed E-state index contributed by atoms with van der Waals surface area (Å²) in [5.74, 6) is -1.18. The zero-order chi connectivity index (χ0) is 23.0. The highest BCUT2D eigenvalue weighted by atomic mass is 32.2. The van der Waals surface area contributed by atoms with Crippen molar-refractivity contribution < 1.29 is 23.4 Å². The molecule has 0 saturated carbocycles. The number of benzene rings is 2. The maximum atomic E-state index is 12.6. The predicted octanol–water partition coefficient (Wildman–Crippen LogP) is 3.83. The molecule has 0 aliphatic heterocycles. The van der Waals surface area contributed by atoms with Crippen LogP contribution in [-0.4, -0.2) is 47.5 Å². The van der Waals surface area contributed by atoms with E-state index in [1.54, 1.807) is 23.7 Å². The summed E-state index contributed by atoms with van der Waals surface area (Å²) in [4.78, 5) is 15.5. The molecule has 0 bridgehead atoms. The molecule has 3 N–H and O–H groups in total. The van der Waals surface area contributed by atoms with Crippen LogP contribution in [0.15, 0.2) is 85.6 Å². The molecule has 9 nitrogen and oxygen atoms in total. The number of carboxylic acids is 1. The van der Waals surface area contributed by atoms with Crippen molar-refractivity contribution in [2.24, 2.45) is 10.2 Å². The van der Waals surface area contributed by atoms with Crippen LogP contribution in [0.3, 0.4) is 0 Å². The van der Waals surface area contributed by atoms with Gasteiger partial charge in [-0.1, -0.05) is 30.0 Å². The lowest BCUT2D eigenvalue weighted by Crippen LogP contribution is -2.43. The van der Waals surface area contributed by atoms with Crippen molar-refractivity contribution in [2.45, 2.75) is 27.8 Å². The number of sulfonamides is 1. The average Bonchev–Trinajstić information content (AvgIpc) is 3.30. The van der Waals surface area contributed by atoms with Crippen LogP contribution in [0.1, 0.15) is 6.42 Å². The number of thiazole rings is 1. The van der Waals surface area contributed by atoms with Gasteiger partial charge in [-0.15, -0.1) is 11.3 Å². The number of aliphatic hydroxyl groups is 1. The number of carbonyl (C=O) groups is 1. The van der Waals surface area contributed by atoms with E-state index in [0.717, 1.165) is 4.34 Å². The van der Waals surface area contributed by atoms with Gasteiger partial charge in [0.05, 0.1) is 22.4 Å².